The van der Waals surface area contributed by atoms with E-state index in [1.54, 1.807) is 12.1 Å². The van der Waals surface area contributed by atoms with Crippen molar-refractivity contribution in [3.8, 4) is 6.07 Å². The fourth-order valence-electron chi connectivity index (χ4n) is 3.18. The minimum atomic E-state index is -4.54. The van der Waals surface area contributed by atoms with Crippen molar-refractivity contribution < 1.29 is 13.2 Å². The molecule has 0 aliphatic carbocycles. The number of rotatable bonds is 2. The van der Waals surface area contributed by atoms with E-state index in [-0.39, 0.29) is 11.6 Å². The molecular formula is C18H16F3N3. The maximum atomic E-state index is 13.2. The first-order valence-electron chi connectivity index (χ1n) is 7.71. The van der Waals surface area contributed by atoms with E-state index >= 15 is 0 Å². The quantitative estimate of drug-likeness (QED) is 0.806. The van der Waals surface area contributed by atoms with E-state index in [4.69, 9.17) is 5.26 Å². The molecule has 1 atom stereocenters. The minimum Gasteiger partial charge on any atom is -0.363 e. The zero-order valence-corrected chi connectivity index (χ0v) is 13.1. The molecule has 1 fully saturated rings. The number of nitrogens with zero attached hydrogens (tertiary/aromatic N) is 3. The van der Waals surface area contributed by atoms with Crippen LogP contribution in [0.2, 0.25) is 0 Å². The van der Waals surface area contributed by atoms with E-state index < -0.39 is 11.7 Å². The molecule has 1 aliphatic rings. The molecule has 2 heterocycles. The lowest BCUT2D eigenvalue weighted by atomic mass is 10.1. The first kappa shape index (κ1) is 16.3. The van der Waals surface area contributed by atoms with E-state index in [0.717, 1.165) is 30.3 Å². The molecule has 1 aromatic heterocycles. The Morgan fingerprint density at radius 1 is 1.25 bits per heavy atom. The van der Waals surface area contributed by atoms with Crippen molar-refractivity contribution in [3.63, 3.8) is 0 Å². The van der Waals surface area contributed by atoms with Gasteiger partial charge in [-0.05, 0) is 50.1 Å². The highest BCUT2D eigenvalue weighted by molar-refractivity contribution is 5.56. The van der Waals surface area contributed by atoms with Gasteiger partial charge in [-0.15, -0.1) is 0 Å². The van der Waals surface area contributed by atoms with E-state index in [2.05, 4.69) is 4.98 Å². The Hall–Kier alpha value is -2.55. The molecule has 3 nitrogen and oxygen atoms in total. The second-order valence-corrected chi connectivity index (χ2v) is 5.89. The highest BCUT2D eigenvalue weighted by Crippen LogP contribution is 2.39. The molecule has 0 N–H and O–H groups in total. The van der Waals surface area contributed by atoms with Crippen LogP contribution in [0.3, 0.4) is 0 Å². The number of hydrogen-bond acceptors (Lipinski definition) is 3. The van der Waals surface area contributed by atoms with E-state index in [1.807, 2.05) is 30.0 Å². The number of anilines is 1. The summed E-state index contributed by atoms with van der Waals surface area (Å²) in [5.41, 5.74) is 0.994. The molecule has 1 aromatic carbocycles. The van der Waals surface area contributed by atoms with Crippen molar-refractivity contribution in [3.05, 3.63) is 58.9 Å². The molecule has 0 bridgehead atoms. The summed E-state index contributed by atoms with van der Waals surface area (Å²) >= 11 is 0. The normalized spacial score (nSPS) is 17.8. The van der Waals surface area contributed by atoms with Gasteiger partial charge in [0.25, 0.3) is 0 Å². The van der Waals surface area contributed by atoms with Crippen molar-refractivity contribution in [2.24, 2.45) is 0 Å². The zero-order valence-electron chi connectivity index (χ0n) is 13.1. The Kier molecular flexibility index (Phi) is 4.18. The van der Waals surface area contributed by atoms with Crippen molar-refractivity contribution in [2.45, 2.75) is 32.0 Å². The average Bonchev–Trinajstić information content (AvgIpc) is 3.03. The van der Waals surface area contributed by atoms with Gasteiger partial charge in [0.05, 0.1) is 28.9 Å². The Bertz CT molecular complexity index is 793. The van der Waals surface area contributed by atoms with Gasteiger partial charge in [0.15, 0.2) is 0 Å². The van der Waals surface area contributed by atoms with Crippen LogP contribution in [0.1, 0.15) is 41.4 Å². The zero-order chi connectivity index (χ0) is 17.3. The average molecular weight is 331 g/mol. The molecule has 0 radical (unpaired) electrons. The number of benzene rings is 1. The fraction of sp³-hybridized carbons (Fsp3) is 0.333. The smallest absolute Gasteiger partial charge is 0.363 e. The van der Waals surface area contributed by atoms with Gasteiger partial charge in [0.2, 0.25) is 0 Å². The topological polar surface area (TPSA) is 39.9 Å². The number of aryl methyl sites for hydroxylation is 1. The summed E-state index contributed by atoms with van der Waals surface area (Å²) in [6.07, 6.45) is -2.81. The fourth-order valence-corrected chi connectivity index (χ4v) is 3.18. The summed E-state index contributed by atoms with van der Waals surface area (Å²) in [7, 11) is 0. The second-order valence-electron chi connectivity index (χ2n) is 5.89. The van der Waals surface area contributed by atoms with Crippen LogP contribution < -0.4 is 4.90 Å². The summed E-state index contributed by atoms with van der Waals surface area (Å²) in [5.74, 6) is 0. The van der Waals surface area contributed by atoms with Crippen LogP contribution >= 0.6 is 0 Å². The molecule has 24 heavy (non-hydrogen) atoms. The standard InChI is InChI=1S/C18H16F3N3/c1-12-4-2-5-16(23-12)17-6-3-9-24(17)14-8-7-13(11-22)15(10-14)18(19,20)21/h2,4-5,7-8,10,17H,3,6,9H2,1H3. The van der Waals surface area contributed by atoms with Gasteiger partial charge < -0.3 is 4.90 Å². The lowest BCUT2D eigenvalue weighted by molar-refractivity contribution is -0.137. The van der Waals surface area contributed by atoms with Gasteiger partial charge in [-0.2, -0.15) is 18.4 Å². The highest BCUT2D eigenvalue weighted by atomic mass is 19.4. The molecule has 6 heteroatoms. The SMILES string of the molecule is Cc1cccc(C2CCCN2c2ccc(C#N)c(C(F)(F)F)c2)n1. The minimum absolute atomic E-state index is 0.0427. The van der Waals surface area contributed by atoms with Crippen molar-refractivity contribution in [1.82, 2.24) is 4.98 Å². The Balaban J connectivity index is 2.00. The monoisotopic (exact) mass is 331 g/mol. The van der Waals surface area contributed by atoms with Crippen molar-refractivity contribution >= 4 is 5.69 Å². The Morgan fingerprint density at radius 3 is 2.71 bits per heavy atom. The van der Waals surface area contributed by atoms with Crippen LogP contribution in [0, 0.1) is 18.3 Å². The van der Waals surface area contributed by atoms with Gasteiger partial charge in [-0.3, -0.25) is 4.98 Å². The summed E-state index contributed by atoms with van der Waals surface area (Å²) in [4.78, 5) is 6.46. The molecule has 1 saturated heterocycles. The van der Waals surface area contributed by atoms with Crippen LogP contribution in [0.5, 0.6) is 0 Å². The maximum Gasteiger partial charge on any atom is 0.417 e. The third kappa shape index (κ3) is 3.07. The Morgan fingerprint density at radius 2 is 2.04 bits per heavy atom. The third-order valence-electron chi connectivity index (χ3n) is 4.26. The lowest BCUT2D eigenvalue weighted by Crippen LogP contribution is -2.24. The maximum absolute atomic E-state index is 13.2. The van der Waals surface area contributed by atoms with Gasteiger partial charge >= 0.3 is 6.18 Å². The van der Waals surface area contributed by atoms with E-state index in [9.17, 15) is 13.2 Å². The molecule has 124 valence electrons. The van der Waals surface area contributed by atoms with Gasteiger partial charge in [0, 0.05) is 17.9 Å². The summed E-state index contributed by atoms with van der Waals surface area (Å²) in [6.45, 7) is 2.57. The number of alkyl halides is 3. The van der Waals surface area contributed by atoms with Crippen molar-refractivity contribution in [2.75, 3.05) is 11.4 Å². The largest absolute Gasteiger partial charge is 0.417 e. The van der Waals surface area contributed by atoms with Crippen molar-refractivity contribution in [1.29, 1.82) is 5.26 Å². The van der Waals surface area contributed by atoms with Crippen LogP contribution in [-0.2, 0) is 6.18 Å². The van der Waals surface area contributed by atoms with Crippen LogP contribution in [0.15, 0.2) is 36.4 Å². The second kappa shape index (κ2) is 6.16. The molecule has 0 saturated carbocycles. The van der Waals surface area contributed by atoms with Crippen LogP contribution in [0.4, 0.5) is 18.9 Å². The predicted octanol–water partition coefficient (Wildman–Crippen LogP) is 4.62. The molecule has 3 rings (SSSR count). The van der Waals surface area contributed by atoms with Gasteiger partial charge in [-0.1, -0.05) is 6.07 Å². The number of nitriles is 1. The summed E-state index contributed by atoms with van der Waals surface area (Å²) < 4.78 is 39.6. The van der Waals surface area contributed by atoms with Gasteiger partial charge in [-0.25, -0.2) is 0 Å². The number of hydrogen-bond donors (Lipinski definition) is 0. The molecule has 0 amide bonds. The summed E-state index contributed by atoms with van der Waals surface area (Å²) in [5, 5.41) is 8.92. The summed E-state index contributed by atoms with van der Waals surface area (Å²) in [6, 6.07) is 11.2. The van der Waals surface area contributed by atoms with Gasteiger partial charge in [0.1, 0.15) is 0 Å². The van der Waals surface area contributed by atoms with E-state index in [0.29, 0.717) is 12.2 Å². The molecule has 2 aromatic rings. The predicted molar refractivity (Wildman–Crippen MR) is 84.5 cm³/mol. The van der Waals surface area contributed by atoms with Crippen LogP contribution in [-0.4, -0.2) is 11.5 Å². The lowest BCUT2D eigenvalue weighted by Gasteiger charge is -2.27. The first-order valence-corrected chi connectivity index (χ1v) is 7.71. The number of pyridine rings is 1. The molecule has 1 unspecified atom stereocenters. The molecule has 0 spiro atoms. The van der Waals surface area contributed by atoms with Crippen LogP contribution in [0.25, 0.3) is 0 Å². The Labute approximate surface area is 138 Å². The third-order valence-corrected chi connectivity index (χ3v) is 4.26. The first-order chi connectivity index (χ1) is 11.4. The number of halogens is 3. The molecular weight excluding hydrogens is 315 g/mol. The molecule has 1 aliphatic heterocycles. The number of aromatic nitrogens is 1. The highest BCUT2D eigenvalue weighted by Gasteiger charge is 2.35. The van der Waals surface area contributed by atoms with E-state index in [1.165, 1.54) is 6.07 Å².